The third kappa shape index (κ3) is 3.43. The lowest BCUT2D eigenvalue weighted by Gasteiger charge is -2.22. The average molecular weight is 368 g/mol. The van der Waals surface area contributed by atoms with Crippen molar-refractivity contribution in [2.45, 2.75) is 11.3 Å². The Hall–Kier alpha value is -1.18. The van der Waals surface area contributed by atoms with Crippen LogP contribution in [0.3, 0.4) is 0 Å². The second kappa shape index (κ2) is 7.37. The van der Waals surface area contributed by atoms with E-state index in [1.54, 1.807) is 28.6 Å². The average Bonchev–Trinajstić information content (AvgIpc) is 2.81. The minimum atomic E-state index is -3.55. The highest BCUT2D eigenvalue weighted by Gasteiger charge is 2.28. The Kier molecular flexibility index (Phi) is 5.42. The Morgan fingerprint density at radius 2 is 1.75 bits per heavy atom. The first-order chi connectivity index (χ1) is 11.5. The van der Waals surface area contributed by atoms with Gasteiger partial charge in [-0.3, -0.25) is 0 Å². The van der Waals surface area contributed by atoms with Crippen LogP contribution in [0, 0.1) is 0 Å². The summed E-state index contributed by atoms with van der Waals surface area (Å²) in [6.07, 6.45) is 0.810. The van der Waals surface area contributed by atoms with Gasteiger partial charge in [0.25, 0.3) is 0 Å². The van der Waals surface area contributed by atoms with Gasteiger partial charge in [0, 0.05) is 48.5 Å². The van der Waals surface area contributed by atoms with Gasteiger partial charge in [0.1, 0.15) is 0 Å². The van der Waals surface area contributed by atoms with Crippen LogP contribution in [0.1, 0.15) is 6.42 Å². The smallest absolute Gasteiger partial charge is 0.243 e. The van der Waals surface area contributed by atoms with Gasteiger partial charge in [-0.05, 0) is 25.1 Å². The molecule has 130 valence electrons. The van der Waals surface area contributed by atoms with Crippen LogP contribution in [0.4, 0.5) is 0 Å². The molecule has 3 rings (SSSR count). The molecule has 0 saturated carbocycles. The van der Waals surface area contributed by atoms with Gasteiger partial charge >= 0.3 is 0 Å². The van der Waals surface area contributed by atoms with Crippen molar-refractivity contribution in [2.75, 3.05) is 39.3 Å². The summed E-state index contributed by atoms with van der Waals surface area (Å²) in [4.78, 5) is 2.55. The molecule has 24 heavy (non-hydrogen) atoms. The lowest BCUT2D eigenvalue weighted by Crippen LogP contribution is -2.36. The number of fused-ring (bicyclic) bond motifs is 1. The van der Waals surface area contributed by atoms with Crippen LogP contribution in [-0.4, -0.2) is 56.9 Å². The van der Waals surface area contributed by atoms with Gasteiger partial charge in [0.15, 0.2) is 0 Å². The highest BCUT2D eigenvalue weighted by atomic mass is 35.5. The van der Waals surface area contributed by atoms with E-state index in [2.05, 4.69) is 4.90 Å². The van der Waals surface area contributed by atoms with Gasteiger partial charge < -0.3 is 10.6 Å². The van der Waals surface area contributed by atoms with E-state index in [0.29, 0.717) is 41.5 Å². The van der Waals surface area contributed by atoms with Crippen molar-refractivity contribution < 1.29 is 8.42 Å². The maximum atomic E-state index is 13.2. The number of nitrogens with two attached hydrogens (primary N) is 1. The molecular weight excluding hydrogens is 346 g/mol. The quantitative estimate of drug-likeness (QED) is 0.899. The van der Waals surface area contributed by atoms with E-state index in [1.165, 1.54) is 0 Å². The molecule has 0 bridgehead atoms. The van der Waals surface area contributed by atoms with Gasteiger partial charge in [-0.2, -0.15) is 4.31 Å². The Balaban J connectivity index is 1.95. The molecule has 0 amide bonds. The van der Waals surface area contributed by atoms with Crippen LogP contribution >= 0.6 is 11.6 Å². The number of hydrogen-bond acceptors (Lipinski definition) is 4. The van der Waals surface area contributed by atoms with Crippen molar-refractivity contribution in [1.29, 1.82) is 0 Å². The van der Waals surface area contributed by atoms with Gasteiger partial charge in [-0.1, -0.05) is 35.9 Å². The fourth-order valence-electron chi connectivity index (χ4n) is 3.20. The van der Waals surface area contributed by atoms with Crippen LogP contribution in [0.15, 0.2) is 41.3 Å². The van der Waals surface area contributed by atoms with Crippen LogP contribution in [-0.2, 0) is 10.0 Å². The molecule has 7 heteroatoms. The van der Waals surface area contributed by atoms with E-state index in [-0.39, 0.29) is 0 Å². The zero-order valence-electron chi connectivity index (χ0n) is 13.5. The van der Waals surface area contributed by atoms with Crippen molar-refractivity contribution >= 4 is 32.4 Å². The Labute approximate surface area is 148 Å². The fraction of sp³-hybridized carbons (Fsp3) is 0.412. The van der Waals surface area contributed by atoms with Gasteiger partial charge in [-0.15, -0.1) is 0 Å². The maximum absolute atomic E-state index is 13.2. The summed E-state index contributed by atoms with van der Waals surface area (Å²) in [5.41, 5.74) is 5.61. The highest BCUT2D eigenvalue weighted by Crippen LogP contribution is 2.30. The lowest BCUT2D eigenvalue weighted by atomic mass is 10.1. The molecule has 2 N–H and O–H groups in total. The van der Waals surface area contributed by atoms with Crippen molar-refractivity contribution in [1.82, 2.24) is 9.21 Å². The molecule has 1 aliphatic heterocycles. The largest absolute Gasteiger partial charge is 0.329 e. The summed E-state index contributed by atoms with van der Waals surface area (Å²) in [6, 6.07) is 10.6. The highest BCUT2D eigenvalue weighted by molar-refractivity contribution is 7.89. The summed E-state index contributed by atoms with van der Waals surface area (Å²) >= 11 is 6.22. The molecule has 2 aromatic rings. The molecule has 5 nitrogen and oxygen atoms in total. The molecule has 0 radical (unpaired) electrons. The fourth-order valence-corrected chi connectivity index (χ4v) is 5.11. The van der Waals surface area contributed by atoms with E-state index in [1.807, 2.05) is 12.1 Å². The molecule has 0 spiro atoms. The first-order valence-corrected chi connectivity index (χ1v) is 9.95. The van der Waals surface area contributed by atoms with E-state index in [9.17, 15) is 8.42 Å². The molecule has 0 atom stereocenters. The molecule has 1 fully saturated rings. The second-order valence-corrected chi connectivity index (χ2v) is 8.29. The topological polar surface area (TPSA) is 66.6 Å². The standard InChI is InChI=1S/C17H22ClN3O2S/c18-16-6-1-5-15-14(16)4-2-7-17(15)24(22,23)21-10-3-9-20(11-8-19)12-13-21/h1-2,4-7H,3,8-13,19H2. The van der Waals surface area contributed by atoms with E-state index in [0.717, 1.165) is 24.9 Å². The molecule has 1 saturated heterocycles. The number of rotatable bonds is 4. The van der Waals surface area contributed by atoms with Crippen LogP contribution < -0.4 is 5.73 Å². The van der Waals surface area contributed by atoms with Crippen molar-refractivity contribution in [3.05, 3.63) is 41.4 Å². The van der Waals surface area contributed by atoms with Crippen molar-refractivity contribution in [3.8, 4) is 0 Å². The summed E-state index contributed by atoms with van der Waals surface area (Å²) in [5, 5.41) is 2.00. The van der Waals surface area contributed by atoms with Crippen LogP contribution in [0.2, 0.25) is 5.02 Å². The first kappa shape index (κ1) is 17.6. The summed E-state index contributed by atoms with van der Waals surface area (Å²) in [5.74, 6) is 0. The predicted molar refractivity (Wildman–Crippen MR) is 97.8 cm³/mol. The van der Waals surface area contributed by atoms with Gasteiger partial charge in [0.05, 0.1) is 4.90 Å². The lowest BCUT2D eigenvalue weighted by molar-refractivity contribution is 0.294. The maximum Gasteiger partial charge on any atom is 0.243 e. The number of halogens is 1. The number of sulfonamides is 1. The molecule has 0 aromatic heterocycles. The monoisotopic (exact) mass is 367 g/mol. The zero-order valence-corrected chi connectivity index (χ0v) is 15.1. The van der Waals surface area contributed by atoms with E-state index >= 15 is 0 Å². The number of nitrogens with zero attached hydrogens (tertiary/aromatic N) is 2. The normalized spacial score (nSPS) is 17.9. The first-order valence-electron chi connectivity index (χ1n) is 8.14. The Bertz CT molecular complexity index is 826. The van der Waals surface area contributed by atoms with Crippen LogP contribution in [0.25, 0.3) is 10.8 Å². The third-order valence-electron chi connectivity index (χ3n) is 4.44. The predicted octanol–water partition coefficient (Wildman–Crippen LogP) is 2.15. The molecule has 0 aliphatic carbocycles. The molecule has 2 aromatic carbocycles. The van der Waals surface area contributed by atoms with Crippen LogP contribution in [0.5, 0.6) is 0 Å². The minimum absolute atomic E-state index is 0.328. The Morgan fingerprint density at radius 1 is 1.00 bits per heavy atom. The molecule has 0 unspecified atom stereocenters. The molecule has 1 aliphatic rings. The third-order valence-corrected chi connectivity index (χ3v) is 6.73. The zero-order chi connectivity index (χ0) is 17.2. The SMILES string of the molecule is NCCN1CCCN(S(=O)(=O)c2cccc3c(Cl)cccc23)CC1. The minimum Gasteiger partial charge on any atom is -0.329 e. The summed E-state index contributed by atoms with van der Waals surface area (Å²) < 4.78 is 27.9. The second-order valence-electron chi connectivity index (χ2n) is 5.98. The van der Waals surface area contributed by atoms with E-state index < -0.39 is 10.0 Å². The number of hydrogen-bond donors (Lipinski definition) is 1. The van der Waals surface area contributed by atoms with E-state index in [4.69, 9.17) is 17.3 Å². The van der Waals surface area contributed by atoms with Gasteiger partial charge in [0.2, 0.25) is 10.0 Å². The molecular formula is C17H22ClN3O2S. The summed E-state index contributed by atoms with van der Waals surface area (Å²) in [6.45, 7) is 4.00. The van der Waals surface area contributed by atoms with Gasteiger partial charge in [-0.25, -0.2) is 8.42 Å². The number of benzene rings is 2. The van der Waals surface area contributed by atoms with Crippen molar-refractivity contribution in [2.24, 2.45) is 5.73 Å². The molecule has 1 heterocycles. The Morgan fingerprint density at radius 3 is 2.54 bits per heavy atom. The summed E-state index contributed by atoms with van der Waals surface area (Å²) in [7, 11) is -3.55. The van der Waals surface area contributed by atoms with Crippen molar-refractivity contribution in [3.63, 3.8) is 0 Å².